The van der Waals surface area contributed by atoms with E-state index in [2.05, 4.69) is 6.07 Å². The van der Waals surface area contributed by atoms with Crippen molar-refractivity contribution in [2.45, 2.75) is 13.5 Å². The molecule has 0 spiro atoms. The van der Waals surface area contributed by atoms with Crippen molar-refractivity contribution >= 4 is 17.3 Å². The summed E-state index contributed by atoms with van der Waals surface area (Å²) < 4.78 is 0. The highest BCUT2D eigenvalue weighted by atomic mass is 16.4. The zero-order chi connectivity index (χ0) is 14.7. The second kappa shape index (κ2) is 5.65. The summed E-state index contributed by atoms with van der Waals surface area (Å²) in [7, 11) is 1.90. The standard InChI is InChI=1S/C16H18N2O2/c1-11-4-3-5-12(8-11)10-18(2)15-9-13(16(19)20)6-7-14(15)17/h3-9H,10,17H2,1-2H3,(H,19,20). The fraction of sp³-hybridized carbons (Fsp3) is 0.188. The van der Waals surface area contributed by atoms with E-state index < -0.39 is 5.97 Å². The number of carboxylic acids is 1. The molecule has 0 unspecified atom stereocenters. The van der Waals surface area contributed by atoms with Gasteiger partial charge in [0.25, 0.3) is 0 Å². The van der Waals surface area contributed by atoms with Crippen molar-refractivity contribution < 1.29 is 9.90 Å². The maximum absolute atomic E-state index is 11.0. The number of nitrogens with two attached hydrogens (primary N) is 1. The first kappa shape index (κ1) is 13.9. The van der Waals surface area contributed by atoms with Crippen LogP contribution in [0.4, 0.5) is 11.4 Å². The lowest BCUT2D eigenvalue weighted by molar-refractivity contribution is 0.0697. The summed E-state index contributed by atoms with van der Waals surface area (Å²) in [6, 6.07) is 13.0. The third kappa shape index (κ3) is 3.09. The Morgan fingerprint density at radius 3 is 2.65 bits per heavy atom. The van der Waals surface area contributed by atoms with E-state index in [0.29, 0.717) is 12.2 Å². The number of carboxylic acid groups (broad SMARTS) is 1. The van der Waals surface area contributed by atoms with Crippen molar-refractivity contribution in [3.63, 3.8) is 0 Å². The van der Waals surface area contributed by atoms with Crippen LogP contribution in [0.2, 0.25) is 0 Å². The van der Waals surface area contributed by atoms with Crippen LogP contribution in [-0.4, -0.2) is 18.1 Å². The van der Waals surface area contributed by atoms with E-state index in [4.69, 9.17) is 10.8 Å². The van der Waals surface area contributed by atoms with E-state index in [-0.39, 0.29) is 5.56 Å². The van der Waals surface area contributed by atoms with Gasteiger partial charge in [0.15, 0.2) is 0 Å². The zero-order valence-corrected chi connectivity index (χ0v) is 11.6. The molecule has 0 radical (unpaired) electrons. The van der Waals surface area contributed by atoms with E-state index in [1.165, 1.54) is 11.6 Å². The lowest BCUT2D eigenvalue weighted by Gasteiger charge is -2.22. The molecule has 0 bridgehead atoms. The van der Waals surface area contributed by atoms with Gasteiger partial charge in [0, 0.05) is 13.6 Å². The molecule has 0 fully saturated rings. The molecule has 0 saturated carbocycles. The summed E-state index contributed by atoms with van der Waals surface area (Å²) >= 11 is 0. The molecule has 2 aromatic carbocycles. The Labute approximate surface area is 118 Å². The molecule has 0 amide bonds. The number of hydrogen-bond acceptors (Lipinski definition) is 3. The van der Waals surface area contributed by atoms with Gasteiger partial charge in [-0.25, -0.2) is 4.79 Å². The molecule has 0 aliphatic carbocycles. The Bertz CT molecular complexity index is 638. The van der Waals surface area contributed by atoms with E-state index in [9.17, 15) is 4.79 Å². The molecule has 4 heteroatoms. The summed E-state index contributed by atoms with van der Waals surface area (Å²) in [5.41, 5.74) is 9.84. The largest absolute Gasteiger partial charge is 0.478 e. The molecular formula is C16H18N2O2. The minimum Gasteiger partial charge on any atom is -0.478 e. The van der Waals surface area contributed by atoms with Gasteiger partial charge in [-0.15, -0.1) is 0 Å². The number of benzene rings is 2. The summed E-state index contributed by atoms with van der Waals surface area (Å²) in [4.78, 5) is 13.0. The van der Waals surface area contributed by atoms with Crippen LogP contribution < -0.4 is 10.6 Å². The number of nitrogen functional groups attached to an aromatic ring is 1. The van der Waals surface area contributed by atoms with Gasteiger partial charge in [-0.2, -0.15) is 0 Å². The molecule has 0 heterocycles. The van der Waals surface area contributed by atoms with Crippen molar-refractivity contribution in [2.75, 3.05) is 17.7 Å². The molecule has 3 N–H and O–H groups in total. The van der Waals surface area contributed by atoms with Crippen LogP contribution in [0.25, 0.3) is 0 Å². The second-order valence-electron chi connectivity index (χ2n) is 4.92. The van der Waals surface area contributed by atoms with Gasteiger partial charge in [0.1, 0.15) is 0 Å². The van der Waals surface area contributed by atoms with Gasteiger partial charge in [-0.05, 0) is 30.7 Å². The fourth-order valence-electron chi connectivity index (χ4n) is 2.18. The molecule has 0 atom stereocenters. The Hall–Kier alpha value is -2.49. The monoisotopic (exact) mass is 270 g/mol. The molecule has 0 aliphatic heterocycles. The van der Waals surface area contributed by atoms with Crippen molar-refractivity contribution in [1.82, 2.24) is 0 Å². The predicted octanol–water partition coefficient (Wildman–Crippen LogP) is 2.91. The lowest BCUT2D eigenvalue weighted by atomic mass is 10.1. The molecule has 0 aromatic heterocycles. The number of anilines is 2. The minimum atomic E-state index is -0.949. The predicted molar refractivity (Wildman–Crippen MR) is 81.1 cm³/mol. The molecule has 104 valence electrons. The minimum absolute atomic E-state index is 0.241. The van der Waals surface area contributed by atoms with Crippen LogP contribution in [0.5, 0.6) is 0 Å². The Morgan fingerprint density at radius 2 is 2.00 bits per heavy atom. The van der Waals surface area contributed by atoms with Gasteiger partial charge in [-0.3, -0.25) is 0 Å². The Kier molecular flexibility index (Phi) is 3.94. The van der Waals surface area contributed by atoms with Crippen LogP contribution in [0, 0.1) is 6.92 Å². The summed E-state index contributed by atoms with van der Waals surface area (Å²) in [6.07, 6.45) is 0. The van der Waals surface area contributed by atoms with Crippen molar-refractivity contribution in [1.29, 1.82) is 0 Å². The maximum atomic E-state index is 11.0. The third-order valence-electron chi connectivity index (χ3n) is 3.19. The highest BCUT2D eigenvalue weighted by Crippen LogP contribution is 2.25. The molecule has 20 heavy (non-hydrogen) atoms. The molecular weight excluding hydrogens is 252 g/mol. The normalized spacial score (nSPS) is 10.3. The molecule has 2 rings (SSSR count). The van der Waals surface area contributed by atoms with Crippen molar-refractivity contribution in [3.05, 3.63) is 59.2 Å². The first-order valence-electron chi connectivity index (χ1n) is 6.37. The second-order valence-corrected chi connectivity index (χ2v) is 4.92. The number of nitrogens with zero attached hydrogens (tertiary/aromatic N) is 1. The third-order valence-corrected chi connectivity index (χ3v) is 3.19. The Morgan fingerprint density at radius 1 is 1.25 bits per heavy atom. The van der Waals surface area contributed by atoms with Gasteiger partial charge in [0.2, 0.25) is 0 Å². The molecule has 0 saturated heterocycles. The molecule has 2 aromatic rings. The number of carbonyl (C=O) groups is 1. The van der Waals surface area contributed by atoms with Crippen LogP contribution in [0.1, 0.15) is 21.5 Å². The van der Waals surface area contributed by atoms with Crippen LogP contribution >= 0.6 is 0 Å². The summed E-state index contributed by atoms with van der Waals surface area (Å²) in [5, 5.41) is 9.05. The van der Waals surface area contributed by atoms with Crippen LogP contribution in [-0.2, 0) is 6.54 Å². The average Bonchev–Trinajstić information content (AvgIpc) is 2.38. The van der Waals surface area contributed by atoms with Gasteiger partial charge < -0.3 is 15.7 Å². The first-order chi connectivity index (χ1) is 9.47. The quantitative estimate of drug-likeness (QED) is 0.838. The SMILES string of the molecule is Cc1cccc(CN(C)c2cc(C(=O)O)ccc2N)c1. The van der Waals surface area contributed by atoms with Crippen molar-refractivity contribution in [2.24, 2.45) is 0 Å². The smallest absolute Gasteiger partial charge is 0.335 e. The first-order valence-corrected chi connectivity index (χ1v) is 6.37. The highest BCUT2D eigenvalue weighted by Gasteiger charge is 2.10. The van der Waals surface area contributed by atoms with Crippen molar-refractivity contribution in [3.8, 4) is 0 Å². The number of rotatable bonds is 4. The number of aryl methyl sites for hydroxylation is 1. The number of hydrogen-bond donors (Lipinski definition) is 2. The van der Waals surface area contributed by atoms with Crippen LogP contribution in [0.15, 0.2) is 42.5 Å². The van der Waals surface area contributed by atoms with Crippen LogP contribution in [0.3, 0.4) is 0 Å². The number of aromatic carboxylic acids is 1. The maximum Gasteiger partial charge on any atom is 0.335 e. The summed E-state index contributed by atoms with van der Waals surface area (Å²) in [6.45, 7) is 2.72. The topological polar surface area (TPSA) is 66.6 Å². The van der Waals surface area contributed by atoms with E-state index in [1.54, 1.807) is 12.1 Å². The molecule has 4 nitrogen and oxygen atoms in total. The van der Waals surface area contributed by atoms with E-state index >= 15 is 0 Å². The average molecular weight is 270 g/mol. The summed E-state index contributed by atoms with van der Waals surface area (Å²) in [5.74, 6) is -0.949. The molecule has 0 aliphatic rings. The zero-order valence-electron chi connectivity index (χ0n) is 11.6. The van der Waals surface area contributed by atoms with Gasteiger partial charge in [0.05, 0.1) is 16.9 Å². The fourth-order valence-corrected chi connectivity index (χ4v) is 2.18. The lowest BCUT2D eigenvalue weighted by Crippen LogP contribution is -2.18. The van der Waals surface area contributed by atoms with Gasteiger partial charge in [-0.1, -0.05) is 29.8 Å². The Balaban J connectivity index is 2.26. The van der Waals surface area contributed by atoms with E-state index in [1.807, 2.05) is 37.1 Å². The van der Waals surface area contributed by atoms with E-state index in [0.717, 1.165) is 11.3 Å². The highest BCUT2D eigenvalue weighted by molar-refractivity contribution is 5.90. The van der Waals surface area contributed by atoms with Gasteiger partial charge >= 0.3 is 5.97 Å².